The molecule has 0 bridgehead atoms. The van der Waals surface area contributed by atoms with Gasteiger partial charge in [0.2, 0.25) is 0 Å². The predicted molar refractivity (Wildman–Crippen MR) is 75.1 cm³/mol. The van der Waals surface area contributed by atoms with Crippen molar-refractivity contribution < 1.29 is 5.11 Å². The van der Waals surface area contributed by atoms with Gasteiger partial charge in [0.1, 0.15) is 0 Å². The van der Waals surface area contributed by atoms with Crippen molar-refractivity contribution in [2.75, 3.05) is 18.5 Å². The van der Waals surface area contributed by atoms with Crippen LogP contribution in [0.4, 0.5) is 5.69 Å². The van der Waals surface area contributed by atoms with Crippen LogP contribution in [-0.2, 0) is 0 Å². The van der Waals surface area contributed by atoms with Crippen molar-refractivity contribution in [3.63, 3.8) is 0 Å². The quantitative estimate of drug-likeness (QED) is 0.823. The second-order valence-electron chi connectivity index (χ2n) is 5.37. The zero-order valence-electron chi connectivity index (χ0n) is 10.9. The number of hydrogen-bond donors (Lipinski definition) is 2. The first-order valence-corrected chi connectivity index (χ1v) is 7.00. The Balaban J connectivity index is 2.05. The van der Waals surface area contributed by atoms with Gasteiger partial charge in [0.25, 0.3) is 0 Å². The summed E-state index contributed by atoms with van der Waals surface area (Å²) in [6.07, 6.45) is 7.60. The van der Waals surface area contributed by atoms with Crippen LogP contribution in [0.1, 0.15) is 37.7 Å². The van der Waals surface area contributed by atoms with Gasteiger partial charge in [-0.15, -0.1) is 0 Å². The molecular weight excluding hydrogens is 248 g/mol. The maximum absolute atomic E-state index is 9.67. The number of halogens is 1. The molecule has 1 aromatic rings. The van der Waals surface area contributed by atoms with Crippen LogP contribution in [-0.4, -0.2) is 23.2 Å². The van der Waals surface area contributed by atoms with Crippen molar-refractivity contribution >= 4 is 17.3 Å². The maximum atomic E-state index is 9.67. The molecule has 1 aliphatic carbocycles. The van der Waals surface area contributed by atoms with Crippen LogP contribution in [0.25, 0.3) is 0 Å². The van der Waals surface area contributed by atoms with Gasteiger partial charge in [0.05, 0.1) is 12.3 Å². The Labute approximate surface area is 114 Å². The Bertz CT molecular complexity index is 383. The number of rotatable bonds is 4. The van der Waals surface area contributed by atoms with E-state index < -0.39 is 0 Å². The van der Waals surface area contributed by atoms with Crippen LogP contribution in [0.5, 0.6) is 0 Å². The number of hydrogen-bond acceptors (Lipinski definition) is 3. The van der Waals surface area contributed by atoms with Gasteiger partial charge in [-0.25, -0.2) is 4.98 Å². The summed E-state index contributed by atoms with van der Waals surface area (Å²) in [6.45, 7) is 3.04. The smallest absolute Gasteiger partial charge is 0.152 e. The predicted octanol–water partition coefficient (Wildman–Crippen LogP) is 3.40. The molecule has 100 valence electrons. The van der Waals surface area contributed by atoms with Crippen molar-refractivity contribution in [2.24, 2.45) is 5.41 Å². The normalized spacial score (nSPS) is 18.6. The summed E-state index contributed by atoms with van der Waals surface area (Å²) in [6, 6.07) is 1.95. The highest BCUT2D eigenvalue weighted by Crippen LogP contribution is 2.36. The Morgan fingerprint density at radius 2 is 2.11 bits per heavy atom. The molecule has 0 saturated heterocycles. The van der Waals surface area contributed by atoms with Gasteiger partial charge < -0.3 is 10.4 Å². The monoisotopic (exact) mass is 268 g/mol. The van der Waals surface area contributed by atoms with Gasteiger partial charge in [0, 0.05) is 18.2 Å². The van der Waals surface area contributed by atoms with E-state index in [1.807, 2.05) is 13.0 Å². The Hall–Kier alpha value is -0.800. The summed E-state index contributed by atoms with van der Waals surface area (Å²) >= 11 is 6.10. The largest absolute Gasteiger partial charge is 0.396 e. The van der Waals surface area contributed by atoms with Gasteiger partial charge in [-0.3, -0.25) is 0 Å². The van der Waals surface area contributed by atoms with E-state index in [9.17, 15) is 5.11 Å². The highest BCUT2D eigenvalue weighted by molar-refractivity contribution is 6.32. The standard InChI is InChI=1S/C14H21ClN2O/c1-11-5-8-16-13(15)12(11)17-9-14(10-18)6-3-2-4-7-14/h5,8,17-18H,2-4,6-7,9-10H2,1H3. The van der Waals surface area contributed by atoms with E-state index in [-0.39, 0.29) is 12.0 Å². The highest BCUT2D eigenvalue weighted by atomic mass is 35.5. The van der Waals surface area contributed by atoms with Gasteiger partial charge >= 0.3 is 0 Å². The van der Waals surface area contributed by atoms with Crippen molar-refractivity contribution in [2.45, 2.75) is 39.0 Å². The third-order valence-electron chi connectivity index (χ3n) is 4.00. The van der Waals surface area contributed by atoms with Crippen LogP contribution in [0, 0.1) is 12.3 Å². The van der Waals surface area contributed by atoms with Crippen molar-refractivity contribution in [1.82, 2.24) is 4.98 Å². The summed E-state index contributed by atoms with van der Waals surface area (Å²) in [7, 11) is 0. The lowest BCUT2D eigenvalue weighted by Crippen LogP contribution is -2.35. The second kappa shape index (κ2) is 5.89. The fraction of sp³-hybridized carbons (Fsp3) is 0.643. The summed E-state index contributed by atoms with van der Waals surface area (Å²) in [5, 5.41) is 13.6. The number of anilines is 1. The van der Waals surface area contributed by atoms with E-state index in [4.69, 9.17) is 11.6 Å². The van der Waals surface area contributed by atoms with Crippen LogP contribution in [0.3, 0.4) is 0 Å². The fourth-order valence-electron chi connectivity index (χ4n) is 2.71. The molecule has 1 fully saturated rings. The van der Waals surface area contributed by atoms with Crippen molar-refractivity contribution in [1.29, 1.82) is 0 Å². The molecule has 0 aromatic carbocycles. The average molecular weight is 269 g/mol. The molecule has 1 saturated carbocycles. The summed E-state index contributed by atoms with van der Waals surface area (Å²) < 4.78 is 0. The van der Waals surface area contributed by atoms with E-state index in [1.54, 1.807) is 6.20 Å². The molecule has 0 spiro atoms. The number of nitrogens with one attached hydrogen (secondary N) is 1. The maximum Gasteiger partial charge on any atom is 0.152 e. The molecule has 0 amide bonds. The number of nitrogens with zero attached hydrogens (tertiary/aromatic N) is 1. The number of aromatic nitrogens is 1. The molecule has 0 unspecified atom stereocenters. The molecule has 2 N–H and O–H groups in total. The third-order valence-corrected chi connectivity index (χ3v) is 4.29. The molecule has 2 rings (SSSR count). The second-order valence-corrected chi connectivity index (χ2v) is 5.72. The van der Waals surface area contributed by atoms with Gasteiger partial charge in [0.15, 0.2) is 5.15 Å². The van der Waals surface area contributed by atoms with E-state index in [1.165, 1.54) is 19.3 Å². The molecule has 0 atom stereocenters. The summed E-state index contributed by atoms with van der Waals surface area (Å²) in [5.41, 5.74) is 2.01. The van der Waals surface area contributed by atoms with E-state index in [0.717, 1.165) is 30.6 Å². The van der Waals surface area contributed by atoms with Gasteiger partial charge in [-0.05, 0) is 31.4 Å². The molecule has 1 heterocycles. The zero-order chi connectivity index (χ0) is 13.0. The van der Waals surface area contributed by atoms with E-state index in [0.29, 0.717) is 5.15 Å². The molecule has 1 aromatic heterocycles. The topological polar surface area (TPSA) is 45.2 Å². The Morgan fingerprint density at radius 1 is 1.39 bits per heavy atom. The Morgan fingerprint density at radius 3 is 2.72 bits per heavy atom. The van der Waals surface area contributed by atoms with E-state index in [2.05, 4.69) is 10.3 Å². The third kappa shape index (κ3) is 2.96. The molecule has 4 heteroatoms. The van der Waals surface area contributed by atoms with E-state index >= 15 is 0 Å². The molecule has 0 radical (unpaired) electrons. The number of pyridine rings is 1. The number of aliphatic hydroxyl groups is 1. The van der Waals surface area contributed by atoms with Crippen LogP contribution < -0.4 is 5.32 Å². The lowest BCUT2D eigenvalue weighted by molar-refractivity contribution is 0.0944. The lowest BCUT2D eigenvalue weighted by atomic mass is 9.74. The SMILES string of the molecule is Cc1ccnc(Cl)c1NCC1(CO)CCCCC1. The highest BCUT2D eigenvalue weighted by Gasteiger charge is 2.31. The fourth-order valence-corrected chi connectivity index (χ4v) is 2.98. The van der Waals surface area contributed by atoms with Crippen LogP contribution in [0.15, 0.2) is 12.3 Å². The first kappa shape index (κ1) is 13.6. The molecule has 18 heavy (non-hydrogen) atoms. The van der Waals surface area contributed by atoms with Gasteiger partial charge in [-0.1, -0.05) is 30.9 Å². The minimum atomic E-state index is 0.0177. The van der Waals surface area contributed by atoms with Crippen molar-refractivity contribution in [3.05, 3.63) is 23.0 Å². The van der Waals surface area contributed by atoms with Gasteiger partial charge in [-0.2, -0.15) is 0 Å². The van der Waals surface area contributed by atoms with Crippen LogP contribution >= 0.6 is 11.6 Å². The first-order chi connectivity index (χ1) is 8.67. The summed E-state index contributed by atoms with van der Waals surface area (Å²) in [4.78, 5) is 4.09. The molecule has 0 aliphatic heterocycles. The lowest BCUT2D eigenvalue weighted by Gasteiger charge is -2.36. The first-order valence-electron chi connectivity index (χ1n) is 6.63. The molecule has 3 nitrogen and oxygen atoms in total. The number of aliphatic hydroxyl groups excluding tert-OH is 1. The Kier molecular flexibility index (Phi) is 4.46. The number of aryl methyl sites for hydroxylation is 1. The molecular formula is C14H21ClN2O. The van der Waals surface area contributed by atoms with Crippen molar-refractivity contribution in [3.8, 4) is 0 Å². The summed E-state index contributed by atoms with van der Waals surface area (Å²) in [5.74, 6) is 0. The molecule has 1 aliphatic rings. The average Bonchev–Trinajstić information content (AvgIpc) is 2.39. The zero-order valence-corrected chi connectivity index (χ0v) is 11.6. The minimum Gasteiger partial charge on any atom is -0.396 e. The minimum absolute atomic E-state index is 0.0177. The van der Waals surface area contributed by atoms with Crippen LogP contribution in [0.2, 0.25) is 5.15 Å².